The molecule has 1 atom stereocenters. The molecule has 2 aromatic carbocycles. The minimum absolute atomic E-state index is 0.138. The topological polar surface area (TPSA) is 65.8 Å². The second-order valence-corrected chi connectivity index (χ2v) is 8.55. The summed E-state index contributed by atoms with van der Waals surface area (Å²) in [7, 11) is 0. The molecule has 0 aliphatic heterocycles. The number of aryl methyl sites for hydroxylation is 3. The standard InChI is InChI=1S/C25H25N3OS/c1-15-11-12-16(2)22(13-15)28-24(29)23(20-9-7-6-8-10-20)30-25-21(14-26)18(4)17(3)19(5)27-25/h6-13,23H,1-5H3,(H,28,29)/t23-/m1/s1. The predicted octanol–water partition coefficient (Wildman–Crippen LogP) is 5.97. The second-order valence-electron chi connectivity index (χ2n) is 7.46. The normalized spacial score (nSPS) is 11.6. The molecule has 30 heavy (non-hydrogen) atoms. The molecule has 1 aromatic heterocycles. The zero-order chi connectivity index (χ0) is 21.8. The van der Waals surface area contributed by atoms with Crippen LogP contribution in [0.4, 0.5) is 5.69 Å². The first-order valence-electron chi connectivity index (χ1n) is 9.79. The molecule has 1 N–H and O–H groups in total. The maximum absolute atomic E-state index is 13.4. The van der Waals surface area contributed by atoms with Gasteiger partial charge in [-0.15, -0.1) is 0 Å². The van der Waals surface area contributed by atoms with Gasteiger partial charge in [-0.3, -0.25) is 4.79 Å². The molecule has 0 radical (unpaired) electrons. The minimum Gasteiger partial charge on any atom is -0.325 e. The number of anilines is 1. The molecule has 0 fully saturated rings. The summed E-state index contributed by atoms with van der Waals surface area (Å²) >= 11 is 1.32. The van der Waals surface area contributed by atoms with Crippen LogP contribution >= 0.6 is 11.8 Å². The summed E-state index contributed by atoms with van der Waals surface area (Å²) in [6, 6.07) is 17.9. The van der Waals surface area contributed by atoms with Gasteiger partial charge in [0.1, 0.15) is 16.3 Å². The van der Waals surface area contributed by atoms with E-state index in [9.17, 15) is 10.1 Å². The van der Waals surface area contributed by atoms with Gasteiger partial charge in [-0.05, 0) is 68.5 Å². The number of nitrogens with zero attached hydrogens (tertiary/aromatic N) is 2. The van der Waals surface area contributed by atoms with Crippen molar-refractivity contribution in [2.75, 3.05) is 5.32 Å². The van der Waals surface area contributed by atoms with Gasteiger partial charge in [0, 0.05) is 11.4 Å². The number of hydrogen-bond donors (Lipinski definition) is 1. The third kappa shape index (κ3) is 4.55. The SMILES string of the molecule is Cc1ccc(C)c(NC(=O)[C@H](Sc2nc(C)c(C)c(C)c2C#N)c2ccccc2)c1. The molecule has 0 aliphatic carbocycles. The maximum Gasteiger partial charge on any atom is 0.242 e. The molecule has 3 aromatic rings. The average Bonchev–Trinajstić information content (AvgIpc) is 2.73. The molecule has 0 aliphatic rings. The second kappa shape index (κ2) is 9.15. The Labute approximate surface area is 182 Å². The first kappa shape index (κ1) is 21.6. The summed E-state index contributed by atoms with van der Waals surface area (Å²) in [6.45, 7) is 9.80. The Morgan fingerprint density at radius 1 is 1.03 bits per heavy atom. The average molecular weight is 416 g/mol. The van der Waals surface area contributed by atoms with Crippen molar-refractivity contribution in [2.24, 2.45) is 0 Å². The van der Waals surface area contributed by atoms with Crippen molar-refractivity contribution in [3.8, 4) is 6.07 Å². The van der Waals surface area contributed by atoms with Crippen LogP contribution in [0, 0.1) is 45.9 Å². The molecule has 4 nitrogen and oxygen atoms in total. The van der Waals surface area contributed by atoms with E-state index in [1.54, 1.807) is 0 Å². The Bertz CT molecular complexity index is 1130. The number of hydrogen-bond acceptors (Lipinski definition) is 4. The lowest BCUT2D eigenvalue weighted by atomic mass is 10.1. The van der Waals surface area contributed by atoms with E-state index in [1.807, 2.05) is 83.1 Å². The highest BCUT2D eigenvalue weighted by atomic mass is 32.2. The number of rotatable bonds is 5. The number of aromatic nitrogens is 1. The van der Waals surface area contributed by atoms with Crippen molar-refractivity contribution in [1.29, 1.82) is 5.26 Å². The Morgan fingerprint density at radius 2 is 1.73 bits per heavy atom. The fourth-order valence-electron chi connectivity index (χ4n) is 3.21. The number of carbonyl (C=O) groups excluding carboxylic acids is 1. The molecule has 3 rings (SSSR count). The number of thioether (sulfide) groups is 1. The van der Waals surface area contributed by atoms with E-state index in [0.29, 0.717) is 10.6 Å². The molecule has 152 valence electrons. The lowest BCUT2D eigenvalue weighted by molar-refractivity contribution is -0.115. The number of nitrogens with one attached hydrogen (secondary N) is 1. The Balaban J connectivity index is 2.02. The summed E-state index contributed by atoms with van der Waals surface area (Å²) < 4.78 is 0. The Hall–Kier alpha value is -3.10. The van der Waals surface area contributed by atoms with Gasteiger partial charge in [0.15, 0.2) is 0 Å². The third-order valence-corrected chi connectivity index (χ3v) is 6.54. The van der Waals surface area contributed by atoms with Crippen molar-refractivity contribution in [3.05, 3.63) is 87.6 Å². The fraction of sp³-hybridized carbons (Fsp3) is 0.240. The molecule has 0 bridgehead atoms. The lowest BCUT2D eigenvalue weighted by Crippen LogP contribution is -2.20. The van der Waals surface area contributed by atoms with Crippen molar-refractivity contribution in [3.63, 3.8) is 0 Å². The van der Waals surface area contributed by atoms with E-state index in [4.69, 9.17) is 0 Å². The summed E-state index contributed by atoms with van der Waals surface area (Å²) in [5.74, 6) is -0.138. The predicted molar refractivity (Wildman–Crippen MR) is 123 cm³/mol. The van der Waals surface area contributed by atoms with Crippen LogP contribution in [-0.4, -0.2) is 10.9 Å². The van der Waals surface area contributed by atoms with Crippen LogP contribution in [-0.2, 0) is 4.79 Å². The van der Waals surface area contributed by atoms with Gasteiger partial charge in [0.2, 0.25) is 5.91 Å². The largest absolute Gasteiger partial charge is 0.325 e. The van der Waals surface area contributed by atoms with Crippen LogP contribution in [0.2, 0.25) is 0 Å². The quantitative estimate of drug-likeness (QED) is 0.522. The number of amides is 1. The van der Waals surface area contributed by atoms with E-state index in [-0.39, 0.29) is 5.91 Å². The monoisotopic (exact) mass is 415 g/mol. The van der Waals surface area contributed by atoms with Gasteiger partial charge in [-0.2, -0.15) is 5.26 Å². The highest BCUT2D eigenvalue weighted by molar-refractivity contribution is 8.00. The lowest BCUT2D eigenvalue weighted by Gasteiger charge is -2.19. The molecule has 1 amide bonds. The molecule has 0 saturated heterocycles. The summed E-state index contributed by atoms with van der Waals surface area (Å²) in [5, 5.41) is 12.9. The Kier molecular flexibility index (Phi) is 6.59. The Morgan fingerprint density at radius 3 is 2.40 bits per heavy atom. The summed E-state index contributed by atoms with van der Waals surface area (Å²) in [5.41, 5.74) is 7.07. The first-order valence-corrected chi connectivity index (χ1v) is 10.7. The van der Waals surface area contributed by atoms with Gasteiger partial charge >= 0.3 is 0 Å². The van der Waals surface area contributed by atoms with E-state index in [1.165, 1.54) is 11.8 Å². The van der Waals surface area contributed by atoms with E-state index in [0.717, 1.165) is 39.2 Å². The fourth-order valence-corrected chi connectivity index (χ4v) is 4.40. The van der Waals surface area contributed by atoms with Gasteiger partial charge in [0.05, 0.1) is 5.56 Å². The summed E-state index contributed by atoms with van der Waals surface area (Å²) in [6.07, 6.45) is 0. The van der Waals surface area contributed by atoms with Crippen LogP contribution in [0.15, 0.2) is 53.6 Å². The third-order valence-electron chi connectivity index (χ3n) is 5.30. The minimum atomic E-state index is -0.535. The van der Waals surface area contributed by atoms with Crippen LogP contribution < -0.4 is 5.32 Å². The molecule has 1 heterocycles. The molecule has 5 heteroatoms. The number of carbonyl (C=O) groups is 1. The smallest absolute Gasteiger partial charge is 0.242 e. The van der Waals surface area contributed by atoms with Crippen molar-refractivity contribution in [2.45, 2.75) is 44.9 Å². The van der Waals surface area contributed by atoms with Crippen LogP contribution in [0.5, 0.6) is 0 Å². The van der Waals surface area contributed by atoms with E-state index in [2.05, 4.69) is 16.4 Å². The van der Waals surface area contributed by atoms with Gasteiger partial charge in [0.25, 0.3) is 0 Å². The first-order chi connectivity index (χ1) is 14.3. The van der Waals surface area contributed by atoms with E-state index < -0.39 is 5.25 Å². The molecule has 0 saturated carbocycles. The molecule has 0 unspecified atom stereocenters. The number of nitriles is 1. The van der Waals surface area contributed by atoms with Crippen LogP contribution in [0.25, 0.3) is 0 Å². The van der Waals surface area contributed by atoms with Crippen molar-refractivity contribution < 1.29 is 4.79 Å². The van der Waals surface area contributed by atoms with E-state index >= 15 is 0 Å². The number of benzene rings is 2. The summed E-state index contributed by atoms with van der Waals surface area (Å²) in [4.78, 5) is 18.0. The zero-order valence-electron chi connectivity index (χ0n) is 17.9. The van der Waals surface area contributed by atoms with Gasteiger partial charge in [-0.1, -0.05) is 54.2 Å². The maximum atomic E-state index is 13.4. The van der Waals surface area contributed by atoms with Crippen LogP contribution in [0.1, 0.15) is 44.3 Å². The van der Waals surface area contributed by atoms with Crippen molar-refractivity contribution in [1.82, 2.24) is 4.98 Å². The highest BCUT2D eigenvalue weighted by Gasteiger charge is 2.26. The molecular formula is C25H25N3OS. The molecular weight excluding hydrogens is 390 g/mol. The van der Waals surface area contributed by atoms with Gasteiger partial charge in [-0.25, -0.2) is 4.98 Å². The van der Waals surface area contributed by atoms with Gasteiger partial charge < -0.3 is 5.32 Å². The van der Waals surface area contributed by atoms with Crippen LogP contribution in [0.3, 0.4) is 0 Å². The number of pyridine rings is 1. The zero-order valence-corrected chi connectivity index (χ0v) is 18.7. The molecule has 0 spiro atoms. The van der Waals surface area contributed by atoms with Crippen molar-refractivity contribution >= 4 is 23.4 Å². The highest BCUT2D eigenvalue weighted by Crippen LogP contribution is 2.38.